The summed E-state index contributed by atoms with van der Waals surface area (Å²) in [6.45, 7) is 0.519. The van der Waals surface area contributed by atoms with E-state index >= 15 is 0 Å². The predicted octanol–water partition coefficient (Wildman–Crippen LogP) is 3.09. The van der Waals surface area contributed by atoms with Crippen molar-refractivity contribution in [3.63, 3.8) is 0 Å². The van der Waals surface area contributed by atoms with E-state index in [1.165, 1.54) is 12.1 Å². The molecule has 1 amide bonds. The van der Waals surface area contributed by atoms with Gasteiger partial charge in [0, 0.05) is 20.0 Å². The number of methoxy groups -OCH3 is 1. The van der Waals surface area contributed by atoms with E-state index in [0.717, 1.165) is 27.6 Å². The second-order valence-electron chi connectivity index (χ2n) is 6.99. The number of rotatable bonds is 7. The van der Waals surface area contributed by atoms with Gasteiger partial charge in [0.25, 0.3) is 0 Å². The maximum absolute atomic E-state index is 12.5. The lowest BCUT2D eigenvalue weighted by Gasteiger charge is -2.18. The Morgan fingerprint density at radius 2 is 1.59 bits per heavy atom. The Morgan fingerprint density at radius 1 is 0.966 bits per heavy atom. The summed E-state index contributed by atoms with van der Waals surface area (Å²) in [6.07, 6.45) is 0.877. The summed E-state index contributed by atoms with van der Waals surface area (Å²) in [5.41, 5.74) is 1.94. The average molecular weight is 413 g/mol. The SMILES string of the molecule is COc1ccc2cc(CN(C)C(=O)CCc3ccc(S(N)(=O)=O)cc3)ccc2c1. The van der Waals surface area contributed by atoms with Gasteiger partial charge in [-0.3, -0.25) is 4.79 Å². The first kappa shape index (κ1) is 20.8. The van der Waals surface area contributed by atoms with E-state index in [1.54, 1.807) is 31.2 Å². The zero-order chi connectivity index (χ0) is 21.0. The molecule has 6 nitrogen and oxygen atoms in total. The van der Waals surface area contributed by atoms with Gasteiger partial charge in [-0.25, -0.2) is 13.6 Å². The van der Waals surface area contributed by atoms with Crippen LogP contribution in [0.3, 0.4) is 0 Å². The van der Waals surface area contributed by atoms with Crippen LogP contribution in [0.2, 0.25) is 0 Å². The summed E-state index contributed by atoms with van der Waals surface area (Å²) >= 11 is 0. The van der Waals surface area contributed by atoms with Crippen LogP contribution in [0.15, 0.2) is 65.6 Å². The number of ether oxygens (including phenoxy) is 1. The molecule has 0 unspecified atom stereocenters. The lowest BCUT2D eigenvalue weighted by atomic mass is 10.1. The Hall–Kier alpha value is -2.90. The van der Waals surface area contributed by atoms with Crippen LogP contribution in [-0.4, -0.2) is 33.4 Å². The van der Waals surface area contributed by atoms with Gasteiger partial charge in [0.05, 0.1) is 12.0 Å². The molecule has 3 rings (SSSR count). The van der Waals surface area contributed by atoms with Crippen molar-refractivity contribution in [3.8, 4) is 5.75 Å². The van der Waals surface area contributed by atoms with Crippen molar-refractivity contribution in [2.45, 2.75) is 24.3 Å². The maximum Gasteiger partial charge on any atom is 0.238 e. The lowest BCUT2D eigenvalue weighted by Crippen LogP contribution is -2.26. The fourth-order valence-corrected chi connectivity index (χ4v) is 3.66. The molecule has 0 heterocycles. The minimum atomic E-state index is -3.70. The monoisotopic (exact) mass is 412 g/mol. The molecule has 2 N–H and O–H groups in total. The summed E-state index contributed by atoms with van der Waals surface area (Å²) in [4.78, 5) is 14.3. The molecule has 0 aliphatic rings. The van der Waals surface area contributed by atoms with Crippen LogP contribution in [-0.2, 0) is 27.8 Å². The fraction of sp³-hybridized carbons (Fsp3) is 0.227. The van der Waals surface area contributed by atoms with Crippen LogP contribution in [0.1, 0.15) is 17.5 Å². The zero-order valence-corrected chi connectivity index (χ0v) is 17.3. The van der Waals surface area contributed by atoms with E-state index in [4.69, 9.17) is 9.88 Å². The summed E-state index contributed by atoms with van der Waals surface area (Å²) in [6, 6.07) is 18.3. The standard InChI is InChI=1S/C22H24N2O4S/c1-24(15-17-3-7-19-14-20(28-2)9-8-18(19)13-17)22(25)12-6-16-4-10-21(11-5-16)29(23,26)27/h3-5,7-11,13-14H,6,12,15H2,1-2H3,(H2,23,26,27). The van der Waals surface area contributed by atoms with Gasteiger partial charge in [-0.2, -0.15) is 0 Å². The molecular weight excluding hydrogens is 388 g/mol. The Balaban J connectivity index is 1.59. The number of nitrogens with zero attached hydrogens (tertiary/aromatic N) is 1. The normalized spacial score (nSPS) is 11.4. The first-order chi connectivity index (χ1) is 13.8. The van der Waals surface area contributed by atoms with Gasteiger partial charge in [0.15, 0.2) is 0 Å². The van der Waals surface area contributed by atoms with Crippen LogP contribution >= 0.6 is 0 Å². The second kappa shape index (κ2) is 8.63. The van der Waals surface area contributed by atoms with E-state index < -0.39 is 10.0 Å². The van der Waals surface area contributed by atoms with Crippen LogP contribution < -0.4 is 9.88 Å². The van der Waals surface area contributed by atoms with Gasteiger partial charge in [0.1, 0.15) is 5.75 Å². The molecule has 152 valence electrons. The Labute approximate surface area is 170 Å². The van der Waals surface area contributed by atoms with E-state index in [9.17, 15) is 13.2 Å². The maximum atomic E-state index is 12.5. The van der Waals surface area contributed by atoms with Crippen LogP contribution in [0.5, 0.6) is 5.75 Å². The van der Waals surface area contributed by atoms with Gasteiger partial charge in [-0.1, -0.05) is 30.3 Å². The van der Waals surface area contributed by atoms with Crippen molar-refractivity contribution in [1.82, 2.24) is 4.90 Å². The Morgan fingerprint density at radius 3 is 2.24 bits per heavy atom. The zero-order valence-electron chi connectivity index (χ0n) is 16.5. The third kappa shape index (κ3) is 5.34. The third-order valence-corrected chi connectivity index (χ3v) is 5.77. The van der Waals surface area contributed by atoms with Crippen LogP contribution in [0, 0.1) is 0 Å². The topological polar surface area (TPSA) is 89.7 Å². The highest BCUT2D eigenvalue weighted by atomic mass is 32.2. The minimum absolute atomic E-state index is 0.0235. The quantitative estimate of drug-likeness (QED) is 0.646. The van der Waals surface area contributed by atoms with Gasteiger partial charge in [-0.05, 0) is 58.7 Å². The van der Waals surface area contributed by atoms with Gasteiger partial charge >= 0.3 is 0 Å². The number of nitrogens with two attached hydrogens (primary N) is 1. The van der Waals surface area contributed by atoms with Crippen LogP contribution in [0.25, 0.3) is 10.8 Å². The van der Waals surface area contributed by atoms with E-state index in [1.807, 2.05) is 30.3 Å². The minimum Gasteiger partial charge on any atom is -0.497 e. The fourth-order valence-electron chi connectivity index (χ4n) is 3.15. The molecule has 0 atom stereocenters. The van der Waals surface area contributed by atoms with Crippen molar-refractivity contribution >= 4 is 26.7 Å². The number of aryl methyl sites for hydroxylation is 1. The molecule has 0 aliphatic heterocycles. The Bertz CT molecular complexity index is 1130. The first-order valence-electron chi connectivity index (χ1n) is 9.18. The molecule has 7 heteroatoms. The predicted molar refractivity (Wildman–Crippen MR) is 113 cm³/mol. The highest BCUT2D eigenvalue weighted by Crippen LogP contribution is 2.22. The summed E-state index contributed by atoms with van der Waals surface area (Å²) in [5.74, 6) is 0.838. The Kier molecular flexibility index (Phi) is 6.20. The van der Waals surface area contributed by atoms with Crippen molar-refractivity contribution in [2.75, 3.05) is 14.2 Å². The van der Waals surface area contributed by atoms with E-state index in [2.05, 4.69) is 6.07 Å². The molecule has 0 aliphatic carbocycles. The molecule has 29 heavy (non-hydrogen) atoms. The number of primary sulfonamides is 1. The van der Waals surface area contributed by atoms with Crippen molar-refractivity contribution in [1.29, 1.82) is 0 Å². The van der Waals surface area contributed by atoms with Crippen LogP contribution in [0.4, 0.5) is 0 Å². The largest absolute Gasteiger partial charge is 0.497 e. The smallest absolute Gasteiger partial charge is 0.238 e. The molecule has 0 saturated heterocycles. The summed E-state index contributed by atoms with van der Waals surface area (Å²) < 4.78 is 27.8. The third-order valence-electron chi connectivity index (χ3n) is 4.84. The van der Waals surface area contributed by atoms with Crippen molar-refractivity contribution in [2.24, 2.45) is 5.14 Å². The molecule has 0 fully saturated rings. The summed E-state index contributed by atoms with van der Waals surface area (Å²) in [5, 5.41) is 7.28. The molecule has 0 bridgehead atoms. The lowest BCUT2D eigenvalue weighted by molar-refractivity contribution is -0.130. The number of amides is 1. The number of carbonyl (C=O) groups excluding carboxylic acids is 1. The molecule has 0 aromatic heterocycles. The number of fused-ring (bicyclic) bond motifs is 1. The average Bonchev–Trinajstić information content (AvgIpc) is 2.71. The second-order valence-corrected chi connectivity index (χ2v) is 8.55. The molecule has 0 radical (unpaired) electrons. The molecule has 0 spiro atoms. The highest BCUT2D eigenvalue weighted by molar-refractivity contribution is 7.89. The van der Waals surface area contributed by atoms with Crippen molar-refractivity contribution < 1.29 is 17.9 Å². The number of hydrogen-bond acceptors (Lipinski definition) is 4. The molecular formula is C22H24N2O4S. The van der Waals surface area contributed by atoms with Gasteiger partial charge < -0.3 is 9.64 Å². The summed E-state index contributed by atoms with van der Waals surface area (Å²) in [7, 11) is -0.275. The van der Waals surface area contributed by atoms with Gasteiger partial charge in [0.2, 0.25) is 15.9 Å². The number of carbonyl (C=O) groups is 1. The van der Waals surface area contributed by atoms with Crippen molar-refractivity contribution in [3.05, 3.63) is 71.8 Å². The molecule has 3 aromatic rings. The van der Waals surface area contributed by atoms with E-state index in [-0.39, 0.29) is 10.8 Å². The first-order valence-corrected chi connectivity index (χ1v) is 10.7. The number of benzene rings is 3. The highest BCUT2D eigenvalue weighted by Gasteiger charge is 2.11. The van der Waals surface area contributed by atoms with Gasteiger partial charge in [-0.15, -0.1) is 0 Å². The number of hydrogen-bond donors (Lipinski definition) is 1. The molecule has 0 saturated carbocycles. The molecule has 3 aromatic carbocycles. The van der Waals surface area contributed by atoms with E-state index in [0.29, 0.717) is 19.4 Å². The number of sulfonamides is 1.